The molecule has 0 atom stereocenters. The number of aromatic nitrogens is 2. The van der Waals surface area contributed by atoms with E-state index in [2.05, 4.69) is 24.0 Å². The molecule has 0 radical (unpaired) electrons. The number of nitrogens with zero attached hydrogens (tertiary/aromatic N) is 4. The van der Waals surface area contributed by atoms with Crippen LogP contribution in [0, 0.1) is 0 Å². The minimum atomic E-state index is -0.906. The largest absolute Gasteiger partial charge is 0.480 e. The average Bonchev–Trinajstić information content (AvgIpc) is 2.97. The lowest BCUT2D eigenvalue weighted by molar-refractivity contribution is -0.137. The van der Waals surface area contributed by atoms with E-state index in [0.717, 1.165) is 25.9 Å². The zero-order chi connectivity index (χ0) is 20.6. The van der Waals surface area contributed by atoms with Gasteiger partial charge in [0.2, 0.25) is 5.91 Å². The number of carboxylic acids is 1. The molecular weight excluding hydrogens is 368 g/mol. The number of piperidine rings is 1. The number of aryl methyl sites for hydroxylation is 1. The van der Waals surface area contributed by atoms with Gasteiger partial charge in [0.1, 0.15) is 12.4 Å². The lowest BCUT2D eigenvalue weighted by atomic mass is 10.0. The Morgan fingerprint density at radius 1 is 1.30 bits per heavy atom. The van der Waals surface area contributed by atoms with E-state index in [4.69, 9.17) is 16.7 Å². The van der Waals surface area contributed by atoms with Crippen LogP contribution in [0.15, 0.2) is 12.4 Å². The highest BCUT2D eigenvalue weighted by molar-refractivity contribution is 6.23. The quantitative estimate of drug-likeness (QED) is 0.742. The Morgan fingerprint density at radius 3 is 2.33 bits per heavy atom. The summed E-state index contributed by atoms with van der Waals surface area (Å²) in [5.41, 5.74) is 0. The molecule has 1 aliphatic heterocycles. The molecule has 7 nitrogen and oxygen atoms in total. The Bertz CT molecular complexity index is 596. The smallest absolute Gasteiger partial charge is 0.323 e. The van der Waals surface area contributed by atoms with E-state index in [1.165, 1.54) is 0 Å². The molecule has 1 amide bonds. The first kappa shape index (κ1) is 23.4. The maximum atomic E-state index is 12.3. The average molecular weight is 401 g/mol. The third kappa shape index (κ3) is 9.77. The van der Waals surface area contributed by atoms with Crippen LogP contribution in [0.2, 0.25) is 0 Å². The molecule has 1 fully saturated rings. The van der Waals surface area contributed by atoms with Gasteiger partial charge in [-0.05, 0) is 47.7 Å². The second-order valence-electron chi connectivity index (χ2n) is 8.01. The molecule has 27 heavy (non-hydrogen) atoms. The van der Waals surface area contributed by atoms with Crippen molar-refractivity contribution < 1.29 is 14.7 Å². The fourth-order valence-corrected chi connectivity index (χ4v) is 2.87. The maximum absolute atomic E-state index is 12.3. The summed E-state index contributed by atoms with van der Waals surface area (Å²) in [6, 6.07) is 0.554. The first-order chi connectivity index (χ1) is 12.5. The van der Waals surface area contributed by atoms with Crippen molar-refractivity contribution in [1.29, 1.82) is 0 Å². The normalized spacial score (nSPS) is 15.4. The first-order valence-electron chi connectivity index (χ1n) is 9.32. The van der Waals surface area contributed by atoms with Crippen LogP contribution < -0.4 is 0 Å². The number of imidazole rings is 1. The monoisotopic (exact) mass is 400 g/mol. The van der Waals surface area contributed by atoms with Gasteiger partial charge >= 0.3 is 5.97 Å². The molecule has 0 aromatic carbocycles. The van der Waals surface area contributed by atoms with Crippen LogP contribution in [0.4, 0.5) is 0 Å². The van der Waals surface area contributed by atoms with Gasteiger partial charge in [0.25, 0.3) is 0 Å². The summed E-state index contributed by atoms with van der Waals surface area (Å²) >= 11 is 5.53. The predicted molar refractivity (Wildman–Crippen MR) is 107 cm³/mol. The molecule has 1 aliphatic rings. The Balaban J connectivity index is 0.000000646. The van der Waals surface area contributed by atoms with Gasteiger partial charge in [-0.1, -0.05) is 0 Å². The van der Waals surface area contributed by atoms with Gasteiger partial charge in [0.15, 0.2) is 0 Å². The Hall–Kier alpha value is -1.60. The van der Waals surface area contributed by atoms with Crippen molar-refractivity contribution in [3.8, 4) is 0 Å². The fourth-order valence-electron chi connectivity index (χ4n) is 2.87. The molecule has 0 bridgehead atoms. The van der Waals surface area contributed by atoms with E-state index in [1.807, 2.05) is 25.7 Å². The zero-order valence-corrected chi connectivity index (χ0v) is 17.9. The number of carbonyl (C=O) groups is 2. The molecule has 1 N–H and O–H groups in total. The molecule has 1 aromatic heterocycles. The summed E-state index contributed by atoms with van der Waals surface area (Å²) in [4.78, 5) is 31.3. The number of hydrogen-bond acceptors (Lipinski definition) is 4. The van der Waals surface area contributed by atoms with Crippen LogP contribution >= 0.6 is 11.6 Å². The summed E-state index contributed by atoms with van der Waals surface area (Å²) in [6.45, 7) is 7.34. The van der Waals surface area contributed by atoms with Crippen LogP contribution in [-0.4, -0.2) is 74.4 Å². The van der Waals surface area contributed by atoms with Crippen LogP contribution in [0.5, 0.6) is 0 Å². The summed E-state index contributed by atoms with van der Waals surface area (Å²) in [5, 5.41) is 8.83. The second kappa shape index (κ2) is 10.7. The van der Waals surface area contributed by atoms with Gasteiger partial charge < -0.3 is 19.5 Å². The number of amides is 1. The van der Waals surface area contributed by atoms with Gasteiger partial charge in [-0.25, -0.2) is 4.98 Å². The van der Waals surface area contributed by atoms with Crippen molar-refractivity contribution in [1.82, 2.24) is 19.4 Å². The van der Waals surface area contributed by atoms with Crippen molar-refractivity contribution in [2.24, 2.45) is 0 Å². The van der Waals surface area contributed by atoms with Crippen LogP contribution in [0.1, 0.15) is 45.9 Å². The predicted octanol–water partition coefficient (Wildman–Crippen LogP) is 2.48. The van der Waals surface area contributed by atoms with Gasteiger partial charge in [0.05, 0.1) is 0 Å². The highest BCUT2D eigenvalue weighted by atomic mass is 35.5. The van der Waals surface area contributed by atoms with Gasteiger partial charge in [-0.2, -0.15) is 0 Å². The minimum absolute atomic E-state index is 0.0278. The number of likely N-dealkylation sites (tertiary alicyclic amines) is 1. The Morgan fingerprint density at radius 2 is 1.85 bits per heavy atom. The summed E-state index contributed by atoms with van der Waals surface area (Å²) < 4.78 is 1.58. The molecule has 0 unspecified atom stereocenters. The molecule has 154 valence electrons. The number of carboxylic acid groups (broad SMARTS) is 1. The zero-order valence-electron chi connectivity index (χ0n) is 17.1. The Kier molecular flexibility index (Phi) is 9.26. The molecule has 8 heteroatoms. The summed E-state index contributed by atoms with van der Waals surface area (Å²) in [6.07, 6.45) is 6.08. The number of carbonyl (C=O) groups excluding carboxylic acids is 1. The first-order valence-corrected chi connectivity index (χ1v) is 9.70. The molecular formula is C19H33ClN4O3. The van der Waals surface area contributed by atoms with Crippen molar-refractivity contribution in [3.05, 3.63) is 18.2 Å². The minimum Gasteiger partial charge on any atom is -0.480 e. The highest BCUT2D eigenvalue weighted by Crippen LogP contribution is 2.15. The number of aliphatic carboxylic acids is 1. The van der Waals surface area contributed by atoms with Crippen LogP contribution in [0.25, 0.3) is 0 Å². The van der Waals surface area contributed by atoms with Crippen molar-refractivity contribution in [2.45, 2.75) is 63.9 Å². The maximum Gasteiger partial charge on any atom is 0.323 e. The summed E-state index contributed by atoms with van der Waals surface area (Å²) in [7, 11) is 4.15. The third-order valence-corrected chi connectivity index (χ3v) is 4.22. The lowest BCUT2D eigenvalue weighted by Gasteiger charge is -2.35. The molecule has 2 rings (SSSR count). The number of hydrogen-bond donors (Lipinski definition) is 1. The standard InChI is InChI=1S/C15H24N4O3.C4H9Cl/c1-17(2)12-5-8-18(9-6-12)14(20)4-3-13-16-7-10-19(13)11-15(21)22;1-4(2,3)5/h7,10,12H,3-6,8-9,11H2,1-2H3,(H,21,22);1-3H3. The molecule has 1 saturated heterocycles. The van der Waals surface area contributed by atoms with Crippen LogP contribution in [-0.2, 0) is 22.6 Å². The number of rotatable bonds is 6. The number of halogens is 1. The van der Waals surface area contributed by atoms with Gasteiger partial charge in [0, 0.05) is 49.2 Å². The van der Waals surface area contributed by atoms with E-state index in [0.29, 0.717) is 24.7 Å². The molecule has 1 aromatic rings. The highest BCUT2D eigenvalue weighted by Gasteiger charge is 2.23. The van der Waals surface area contributed by atoms with E-state index < -0.39 is 5.97 Å². The Labute approximate surface area is 167 Å². The van der Waals surface area contributed by atoms with E-state index >= 15 is 0 Å². The molecule has 0 aliphatic carbocycles. The van der Waals surface area contributed by atoms with Crippen molar-refractivity contribution in [2.75, 3.05) is 27.2 Å². The van der Waals surface area contributed by atoms with Crippen molar-refractivity contribution in [3.63, 3.8) is 0 Å². The van der Waals surface area contributed by atoms with Crippen LogP contribution in [0.3, 0.4) is 0 Å². The number of alkyl halides is 1. The molecule has 2 heterocycles. The SMILES string of the molecule is CC(C)(C)Cl.CN(C)C1CCN(C(=O)CCc2nccn2CC(=O)O)CC1. The van der Waals surface area contributed by atoms with Gasteiger partial charge in [-0.15, -0.1) is 11.6 Å². The second-order valence-corrected chi connectivity index (χ2v) is 9.14. The topological polar surface area (TPSA) is 78.7 Å². The van der Waals surface area contributed by atoms with Crippen molar-refractivity contribution >= 4 is 23.5 Å². The molecule has 0 spiro atoms. The van der Waals surface area contributed by atoms with E-state index in [-0.39, 0.29) is 17.3 Å². The van der Waals surface area contributed by atoms with Gasteiger partial charge in [-0.3, -0.25) is 9.59 Å². The van der Waals surface area contributed by atoms with E-state index in [9.17, 15) is 9.59 Å². The lowest BCUT2D eigenvalue weighted by Crippen LogP contribution is -2.44. The molecule has 0 saturated carbocycles. The van der Waals surface area contributed by atoms with E-state index in [1.54, 1.807) is 17.0 Å². The summed E-state index contributed by atoms with van der Waals surface area (Å²) in [5.74, 6) is -0.127. The third-order valence-electron chi connectivity index (χ3n) is 4.22. The fraction of sp³-hybridized carbons (Fsp3) is 0.737.